The smallest absolute Gasteiger partial charge is 0.311 e. The molecular formula is C24H26N2O5. The first kappa shape index (κ1) is 22.2. The zero-order valence-electron chi connectivity index (χ0n) is 18.0. The number of carbonyl (C=O) groups is 1. The van der Waals surface area contributed by atoms with Crippen molar-refractivity contribution in [3.8, 4) is 17.0 Å². The molecule has 0 saturated carbocycles. The summed E-state index contributed by atoms with van der Waals surface area (Å²) in [5.74, 6) is 0.289. The average molecular weight is 422 g/mol. The zero-order chi connectivity index (χ0) is 22.4. The first-order valence-corrected chi connectivity index (χ1v) is 10.2. The van der Waals surface area contributed by atoms with E-state index in [4.69, 9.17) is 9.47 Å². The molecule has 0 saturated heterocycles. The molecule has 1 aromatic heterocycles. The van der Waals surface area contributed by atoms with Gasteiger partial charge in [0.05, 0.1) is 29.6 Å². The van der Waals surface area contributed by atoms with E-state index in [0.29, 0.717) is 18.9 Å². The number of carbonyl (C=O) groups excluding carboxylic acids is 1. The van der Waals surface area contributed by atoms with Crippen molar-refractivity contribution in [3.63, 3.8) is 0 Å². The van der Waals surface area contributed by atoms with E-state index in [1.165, 1.54) is 19.2 Å². The topological polar surface area (TPSA) is 91.6 Å². The van der Waals surface area contributed by atoms with Crippen LogP contribution in [0, 0.1) is 15.5 Å². The number of esters is 1. The van der Waals surface area contributed by atoms with Gasteiger partial charge in [-0.2, -0.15) is 0 Å². The number of nitro benzene ring substituents is 1. The number of hydrogen-bond acceptors (Lipinski definition) is 6. The fraction of sp³-hybridized carbons (Fsp3) is 0.333. The second kappa shape index (κ2) is 9.55. The van der Waals surface area contributed by atoms with Gasteiger partial charge >= 0.3 is 5.97 Å². The number of methoxy groups -OCH3 is 1. The molecule has 0 aliphatic rings. The van der Waals surface area contributed by atoms with Crippen LogP contribution in [0.25, 0.3) is 22.0 Å². The van der Waals surface area contributed by atoms with Crippen molar-refractivity contribution in [2.45, 2.75) is 33.1 Å². The quantitative estimate of drug-likeness (QED) is 0.194. The summed E-state index contributed by atoms with van der Waals surface area (Å²) in [6.45, 7) is 4.23. The molecular weight excluding hydrogens is 396 g/mol. The number of ether oxygens (including phenoxy) is 2. The number of nitrogens with zero attached hydrogens (tertiary/aromatic N) is 2. The predicted octanol–water partition coefficient (Wildman–Crippen LogP) is 5.56. The van der Waals surface area contributed by atoms with Crippen LogP contribution in [0.4, 0.5) is 5.69 Å². The first-order valence-electron chi connectivity index (χ1n) is 10.2. The van der Waals surface area contributed by atoms with Gasteiger partial charge in [0.25, 0.3) is 5.69 Å². The molecule has 3 rings (SSSR count). The van der Waals surface area contributed by atoms with Crippen molar-refractivity contribution in [2.75, 3.05) is 13.7 Å². The van der Waals surface area contributed by atoms with Crippen LogP contribution in [0.15, 0.2) is 54.6 Å². The lowest BCUT2D eigenvalue weighted by atomic mass is 9.87. The maximum absolute atomic E-state index is 11.8. The monoisotopic (exact) mass is 422 g/mol. The van der Waals surface area contributed by atoms with Crippen molar-refractivity contribution in [1.29, 1.82) is 0 Å². The third-order valence-electron chi connectivity index (χ3n) is 5.27. The molecule has 162 valence electrons. The summed E-state index contributed by atoms with van der Waals surface area (Å²) in [5, 5.41) is 11.9. The molecule has 0 radical (unpaired) electrons. The number of hydrogen-bond donors (Lipinski definition) is 0. The lowest BCUT2D eigenvalue weighted by molar-refractivity contribution is -0.384. The number of fused-ring (bicyclic) bond motifs is 1. The number of para-hydroxylation sites is 1. The Morgan fingerprint density at radius 1 is 1.10 bits per heavy atom. The fourth-order valence-corrected chi connectivity index (χ4v) is 3.45. The number of non-ortho nitro benzene ring substituents is 1. The Morgan fingerprint density at radius 3 is 2.48 bits per heavy atom. The van der Waals surface area contributed by atoms with E-state index < -0.39 is 10.3 Å². The zero-order valence-corrected chi connectivity index (χ0v) is 18.0. The summed E-state index contributed by atoms with van der Waals surface area (Å²) in [7, 11) is 1.40. The number of pyridine rings is 1. The largest absolute Gasteiger partial charge is 0.478 e. The highest BCUT2D eigenvalue weighted by Crippen LogP contribution is 2.32. The Hall–Kier alpha value is -3.48. The average Bonchev–Trinajstić information content (AvgIpc) is 2.77. The first-order chi connectivity index (χ1) is 14.8. The van der Waals surface area contributed by atoms with Crippen LogP contribution >= 0.6 is 0 Å². The van der Waals surface area contributed by atoms with Gasteiger partial charge in [0.1, 0.15) is 0 Å². The van der Waals surface area contributed by atoms with E-state index in [1.807, 2.05) is 44.2 Å². The minimum atomic E-state index is -0.515. The summed E-state index contributed by atoms with van der Waals surface area (Å²) >= 11 is 0. The van der Waals surface area contributed by atoms with Crippen molar-refractivity contribution in [1.82, 2.24) is 4.98 Å². The number of benzene rings is 2. The maximum Gasteiger partial charge on any atom is 0.311 e. The molecule has 0 aliphatic heterocycles. The van der Waals surface area contributed by atoms with Gasteiger partial charge in [-0.15, -0.1) is 0 Å². The molecule has 0 N–H and O–H groups in total. The highest BCUT2D eigenvalue weighted by molar-refractivity contribution is 5.95. The van der Waals surface area contributed by atoms with Crippen LogP contribution < -0.4 is 4.74 Å². The molecule has 0 bridgehead atoms. The molecule has 0 amide bonds. The fourth-order valence-electron chi connectivity index (χ4n) is 3.45. The van der Waals surface area contributed by atoms with Gasteiger partial charge in [0.2, 0.25) is 5.88 Å². The van der Waals surface area contributed by atoms with Crippen molar-refractivity contribution in [3.05, 3.63) is 64.7 Å². The molecule has 3 aromatic rings. The standard InChI is InChI=1S/C24H26N2O5/c1-24(2,23(27)30-3)14-6-7-15-31-22-16-20(19-8-4-5-9-21(19)25-22)17-10-12-18(13-11-17)26(28)29/h4-5,8-13,16H,6-7,14-15H2,1-3H3. The van der Waals surface area contributed by atoms with E-state index in [2.05, 4.69) is 4.98 Å². The molecule has 1 heterocycles. The number of rotatable bonds is 9. The van der Waals surface area contributed by atoms with Gasteiger partial charge in [-0.25, -0.2) is 4.98 Å². The van der Waals surface area contributed by atoms with Crippen LogP contribution in [-0.2, 0) is 9.53 Å². The lowest BCUT2D eigenvalue weighted by Crippen LogP contribution is -2.25. The third-order valence-corrected chi connectivity index (χ3v) is 5.27. The molecule has 2 aromatic carbocycles. The number of nitro groups is 1. The van der Waals surface area contributed by atoms with Crippen LogP contribution in [-0.4, -0.2) is 29.6 Å². The normalized spacial score (nSPS) is 11.3. The second-order valence-electron chi connectivity index (χ2n) is 8.01. The molecule has 0 unspecified atom stereocenters. The van der Waals surface area contributed by atoms with Crippen LogP contribution in [0.3, 0.4) is 0 Å². The van der Waals surface area contributed by atoms with Gasteiger partial charge in [0, 0.05) is 23.6 Å². The van der Waals surface area contributed by atoms with Gasteiger partial charge in [0.15, 0.2) is 0 Å². The third kappa shape index (κ3) is 5.36. The van der Waals surface area contributed by atoms with Crippen LogP contribution in [0.2, 0.25) is 0 Å². The lowest BCUT2D eigenvalue weighted by Gasteiger charge is -2.21. The van der Waals surface area contributed by atoms with E-state index in [9.17, 15) is 14.9 Å². The summed E-state index contributed by atoms with van der Waals surface area (Å²) < 4.78 is 10.7. The minimum absolute atomic E-state index is 0.0495. The van der Waals surface area contributed by atoms with Gasteiger partial charge in [-0.1, -0.05) is 18.2 Å². The maximum atomic E-state index is 11.8. The molecule has 7 nitrogen and oxygen atoms in total. The Bertz CT molecular complexity index is 1080. The SMILES string of the molecule is COC(=O)C(C)(C)CCCCOc1cc(-c2ccc([N+](=O)[O-])cc2)c2ccccc2n1. The molecule has 7 heteroatoms. The molecule has 0 spiro atoms. The number of aromatic nitrogens is 1. The van der Waals surface area contributed by atoms with Gasteiger partial charge in [-0.05, 0) is 62.4 Å². The molecule has 0 fully saturated rings. The van der Waals surface area contributed by atoms with Crippen molar-refractivity contribution in [2.24, 2.45) is 5.41 Å². The number of unbranched alkanes of at least 4 members (excludes halogenated alkanes) is 1. The predicted molar refractivity (Wildman–Crippen MR) is 119 cm³/mol. The van der Waals surface area contributed by atoms with E-state index >= 15 is 0 Å². The summed E-state index contributed by atoms with van der Waals surface area (Å²) in [6, 6.07) is 16.0. The highest BCUT2D eigenvalue weighted by atomic mass is 16.6. The summed E-state index contributed by atoms with van der Waals surface area (Å²) in [6.07, 6.45) is 2.31. The second-order valence-corrected chi connectivity index (χ2v) is 8.01. The Kier molecular flexibility index (Phi) is 6.84. The Morgan fingerprint density at radius 2 is 1.81 bits per heavy atom. The summed E-state index contributed by atoms with van der Waals surface area (Å²) in [4.78, 5) is 26.9. The molecule has 0 atom stereocenters. The molecule has 0 aliphatic carbocycles. The van der Waals surface area contributed by atoms with Gasteiger partial charge < -0.3 is 9.47 Å². The molecule has 31 heavy (non-hydrogen) atoms. The van der Waals surface area contributed by atoms with Crippen LogP contribution in [0.1, 0.15) is 33.1 Å². The van der Waals surface area contributed by atoms with Crippen molar-refractivity contribution < 1.29 is 19.2 Å². The Balaban J connectivity index is 1.73. The van der Waals surface area contributed by atoms with E-state index in [0.717, 1.165) is 34.9 Å². The van der Waals surface area contributed by atoms with E-state index in [-0.39, 0.29) is 11.7 Å². The minimum Gasteiger partial charge on any atom is -0.478 e. The van der Waals surface area contributed by atoms with E-state index in [1.54, 1.807) is 12.1 Å². The van der Waals surface area contributed by atoms with Crippen molar-refractivity contribution >= 4 is 22.6 Å². The highest BCUT2D eigenvalue weighted by Gasteiger charge is 2.27. The Labute approximate surface area is 181 Å². The van der Waals surface area contributed by atoms with Crippen LogP contribution in [0.5, 0.6) is 5.88 Å². The van der Waals surface area contributed by atoms with Gasteiger partial charge in [-0.3, -0.25) is 14.9 Å². The summed E-state index contributed by atoms with van der Waals surface area (Å²) in [5.41, 5.74) is 2.09.